The molecule has 0 aromatic heterocycles. The quantitative estimate of drug-likeness (QED) is 0.734. The maximum atomic E-state index is 2.52. The van der Waals surface area contributed by atoms with E-state index in [4.69, 9.17) is 0 Å². The van der Waals surface area contributed by atoms with Gasteiger partial charge in [0.25, 0.3) is 0 Å². The lowest BCUT2D eigenvalue weighted by molar-refractivity contribution is 0.268. The third-order valence-corrected chi connectivity index (χ3v) is 3.22. The van der Waals surface area contributed by atoms with E-state index in [2.05, 4.69) is 36.9 Å². The second kappa shape index (κ2) is 6.70. The molecular formula is C15H25N. The fraction of sp³-hybridized carbons (Fsp3) is 0.600. The minimum atomic E-state index is 1.15. The molecule has 90 valence electrons. The molecule has 0 bridgehead atoms. The van der Waals surface area contributed by atoms with Crippen LogP contribution in [0, 0.1) is 0 Å². The SMILES string of the molecule is CC.CCc1ccc2c(c1)CN(CC)CC2. The van der Waals surface area contributed by atoms with Gasteiger partial charge in [0.1, 0.15) is 0 Å². The maximum absolute atomic E-state index is 2.52. The predicted octanol–water partition coefficient (Wildman–Crippen LogP) is 3.65. The molecule has 0 saturated carbocycles. The standard InChI is InChI=1S/C13H19N.C2H6/c1-3-11-5-6-12-7-8-14(4-2)10-13(12)9-11;1-2/h5-6,9H,3-4,7-8,10H2,1-2H3;1-2H3. The number of rotatable bonds is 2. The summed E-state index contributed by atoms with van der Waals surface area (Å²) in [6.45, 7) is 12.0. The molecule has 1 aliphatic heterocycles. The van der Waals surface area contributed by atoms with Crippen LogP contribution in [0.5, 0.6) is 0 Å². The highest BCUT2D eigenvalue weighted by Gasteiger charge is 2.14. The molecule has 1 nitrogen and oxygen atoms in total. The van der Waals surface area contributed by atoms with Crippen molar-refractivity contribution >= 4 is 0 Å². The summed E-state index contributed by atoms with van der Waals surface area (Å²) in [5, 5.41) is 0. The first kappa shape index (κ1) is 13.2. The molecule has 0 N–H and O–H groups in total. The number of nitrogens with zero attached hydrogens (tertiary/aromatic N) is 1. The topological polar surface area (TPSA) is 3.24 Å². The molecule has 0 amide bonds. The van der Waals surface area contributed by atoms with Crippen molar-refractivity contribution < 1.29 is 0 Å². The Morgan fingerprint density at radius 3 is 2.50 bits per heavy atom. The fourth-order valence-electron chi connectivity index (χ4n) is 2.16. The van der Waals surface area contributed by atoms with Gasteiger partial charge >= 0.3 is 0 Å². The molecule has 0 radical (unpaired) electrons. The van der Waals surface area contributed by atoms with Gasteiger partial charge in [-0.1, -0.05) is 45.9 Å². The Morgan fingerprint density at radius 1 is 1.12 bits per heavy atom. The van der Waals surface area contributed by atoms with E-state index in [0.29, 0.717) is 0 Å². The smallest absolute Gasteiger partial charge is 0.0236 e. The van der Waals surface area contributed by atoms with Crippen molar-refractivity contribution in [2.75, 3.05) is 13.1 Å². The second-order valence-electron chi connectivity index (χ2n) is 4.08. The van der Waals surface area contributed by atoms with Crippen LogP contribution in [0.1, 0.15) is 44.4 Å². The number of hydrogen-bond acceptors (Lipinski definition) is 1. The fourth-order valence-corrected chi connectivity index (χ4v) is 2.16. The Hall–Kier alpha value is -0.820. The van der Waals surface area contributed by atoms with Crippen LogP contribution in [0.4, 0.5) is 0 Å². The molecule has 0 aliphatic carbocycles. The first-order valence-electron chi connectivity index (χ1n) is 6.66. The molecule has 0 spiro atoms. The highest BCUT2D eigenvalue weighted by atomic mass is 15.1. The van der Waals surface area contributed by atoms with E-state index in [1.807, 2.05) is 13.8 Å². The third-order valence-electron chi connectivity index (χ3n) is 3.22. The highest BCUT2D eigenvalue weighted by molar-refractivity contribution is 5.33. The maximum Gasteiger partial charge on any atom is 0.0236 e. The molecule has 16 heavy (non-hydrogen) atoms. The first-order valence-corrected chi connectivity index (χ1v) is 6.66. The molecule has 2 rings (SSSR count). The lowest BCUT2D eigenvalue weighted by atomic mass is 9.97. The van der Waals surface area contributed by atoms with Crippen LogP contribution in [0.2, 0.25) is 0 Å². The van der Waals surface area contributed by atoms with E-state index in [0.717, 1.165) is 13.0 Å². The minimum Gasteiger partial charge on any atom is -0.299 e. The van der Waals surface area contributed by atoms with Crippen molar-refractivity contribution in [3.63, 3.8) is 0 Å². The van der Waals surface area contributed by atoms with E-state index in [9.17, 15) is 0 Å². The minimum absolute atomic E-state index is 1.15. The van der Waals surface area contributed by atoms with Gasteiger partial charge < -0.3 is 0 Å². The molecule has 1 aromatic rings. The lowest BCUT2D eigenvalue weighted by Gasteiger charge is -2.27. The molecule has 1 aromatic carbocycles. The Kier molecular flexibility index (Phi) is 5.54. The van der Waals surface area contributed by atoms with E-state index >= 15 is 0 Å². The normalized spacial score (nSPS) is 15.0. The second-order valence-corrected chi connectivity index (χ2v) is 4.08. The van der Waals surface area contributed by atoms with E-state index < -0.39 is 0 Å². The van der Waals surface area contributed by atoms with E-state index in [-0.39, 0.29) is 0 Å². The molecule has 1 aliphatic rings. The molecular weight excluding hydrogens is 194 g/mol. The van der Waals surface area contributed by atoms with E-state index in [1.165, 1.54) is 25.1 Å². The van der Waals surface area contributed by atoms with Gasteiger partial charge in [0.2, 0.25) is 0 Å². The molecule has 0 atom stereocenters. The number of aryl methyl sites for hydroxylation is 1. The number of hydrogen-bond donors (Lipinski definition) is 0. The van der Waals surface area contributed by atoms with Gasteiger partial charge in [-0.2, -0.15) is 0 Å². The average molecular weight is 219 g/mol. The Balaban J connectivity index is 0.000000606. The van der Waals surface area contributed by atoms with Crippen LogP contribution in [0.3, 0.4) is 0 Å². The third kappa shape index (κ3) is 3.08. The summed E-state index contributed by atoms with van der Waals surface area (Å²) in [7, 11) is 0. The van der Waals surface area contributed by atoms with Crippen molar-refractivity contribution in [2.24, 2.45) is 0 Å². The molecule has 0 unspecified atom stereocenters. The monoisotopic (exact) mass is 219 g/mol. The van der Waals surface area contributed by atoms with Gasteiger partial charge in [0, 0.05) is 13.1 Å². The van der Waals surface area contributed by atoms with Crippen LogP contribution in [0.15, 0.2) is 18.2 Å². The van der Waals surface area contributed by atoms with Gasteiger partial charge in [0.05, 0.1) is 0 Å². The Bertz CT molecular complexity index is 317. The Labute approximate surface area is 100 Å². The van der Waals surface area contributed by atoms with Gasteiger partial charge in [-0.3, -0.25) is 4.90 Å². The average Bonchev–Trinajstić information content (AvgIpc) is 2.39. The lowest BCUT2D eigenvalue weighted by Crippen LogP contribution is -2.30. The van der Waals surface area contributed by atoms with Crippen molar-refractivity contribution in [1.82, 2.24) is 4.90 Å². The zero-order valence-electron chi connectivity index (χ0n) is 11.2. The van der Waals surface area contributed by atoms with Gasteiger partial charge in [-0.25, -0.2) is 0 Å². The first-order chi connectivity index (χ1) is 7.83. The summed E-state index contributed by atoms with van der Waals surface area (Å²) < 4.78 is 0. The summed E-state index contributed by atoms with van der Waals surface area (Å²) in [6.07, 6.45) is 2.38. The van der Waals surface area contributed by atoms with Crippen LogP contribution in [-0.4, -0.2) is 18.0 Å². The molecule has 1 heteroatoms. The van der Waals surface area contributed by atoms with Gasteiger partial charge in [-0.05, 0) is 36.1 Å². The summed E-state index contributed by atoms with van der Waals surface area (Å²) >= 11 is 0. The number of fused-ring (bicyclic) bond motifs is 1. The summed E-state index contributed by atoms with van der Waals surface area (Å²) in [5.41, 5.74) is 4.59. The summed E-state index contributed by atoms with van der Waals surface area (Å²) in [6, 6.07) is 6.98. The van der Waals surface area contributed by atoms with Crippen LogP contribution in [-0.2, 0) is 19.4 Å². The zero-order valence-corrected chi connectivity index (χ0v) is 11.2. The summed E-state index contributed by atoms with van der Waals surface area (Å²) in [4.78, 5) is 2.52. The van der Waals surface area contributed by atoms with Gasteiger partial charge in [0.15, 0.2) is 0 Å². The molecule has 1 heterocycles. The number of benzene rings is 1. The predicted molar refractivity (Wildman–Crippen MR) is 71.8 cm³/mol. The van der Waals surface area contributed by atoms with Crippen LogP contribution in [0.25, 0.3) is 0 Å². The van der Waals surface area contributed by atoms with Crippen molar-refractivity contribution in [3.05, 3.63) is 34.9 Å². The van der Waals surface area contributed by atoms with Crippen molar-refractivity contribution in [2.45, 2.75) is 47.1 Å². The van der Waals surface area contributed by atoms with Crippen LogP contribution < -0.4 is 0 Å². The molecule has 0 fully saturated rings. The van der Waals surface area contributed by atoms with Crippen molar-refractivity contribution in [3.8, 4) is 0 Å². The van der Waals surface area contributed by atoms with Crippen molar-refractivity contribution in [1.29, 1.82) is 0 Å². The summed E-state index contributed by atoms with van der Waals surface area (Å²) in [5.74, 6) is 0. The van der Waals surface area contributed by atoms with Gasteiger partial charge in [-0.15, -0.1) is 0 Å². The molecule has 0 saturated heterocycles. The van der Waals surface area contributed by atoms with Crippen LogP contribution >= 0.6 is 0 Å². The largest absolute Gasteiger partial charge is 0.299 e. The highest BCUT2D eigenvalue weighted by Crippen LogP contribution is 2.20. The number of likely N-dealkylation sites (N-methyl/N-ethyl adjacent to an activating group) is 1. The Morgan fingerprint density at radius 2 is 1.88 bits per heavy atom. The van der Waals surface area contributed by atoms with E-state index in [1.54, 1.807) is 11.1 Å². The zero-order chi connectivity index (χ0) is 12.0.